The zero-order chi connectivity index (χ0) is 26.2. The topological polar surface area (TPSA) is 74.1 Å². The van der Waals surface area contributed by atoms with Crippen LogP contribution in [0, 0.1) is 17.5 Å². The lowest BCUT2D eigenvalue weighted by molar-refractivity contribution is 0.0663. The van der Waals surface area contributed by atoms with Gasteiger partial charge in [0.05, 0.1) is 11.8 Å². The molecule has 0 atom stereocenters. The summed E-state index contributed by atoms with van der Waals surface area (Å²) in [5, 5.41) is 4.94. The minimum absolute atomic E-state index is 0.0427. The third-order valence-electron chi connectivity index (χ3n) is 6.24. The number of aromatic nitrogens is 3. The van der Waals surface area contributed by atoms with E-state index in [2.05, 4.69) is 4.98 Å². The summed E-state index contributed by atoms with van der Waals surface area (Å²) in [6, 6.07) is 9.83. The average Bonchev–Trinajstić information content (AvgIpc) is 3.32. The van der Waals surface area contributed by atoms with Gasteiger partial charge in [0.1, 0.15) is 33.2 Å². The number of ether oxygens (including phenoxy) is 1. The second kappa shape index (κ2) is 10.3. The Morgan fingerprint density at radius 1 is 1.03 bits per heavy atom. The monoisotopic (exact) mass is 547 g/mol. The highest BCUT2D eigenvalue weighted by Crippen LogP contribution is 2.36. The minimum atomic E-state index is -4.39. The summed E-state index contributed by atoms with van der Waals surface area (Å²) in [6.45, 7) is 1.16. The van der Waals surface area contributed by atoms with Gasteiger partial charge in [0, 0.05) is 42.3 Å². The second-order valence-corrected chi connectivity index (χ2v) is 11.0. The number of pyridine rings is 1. The minimum Gasteiger partial charge on any atom is -0.381 e. The van der Waals surface area contributed by atoms with Crippen molar-refractivity contribution in [3.63, 3.8) is 0 Å². The maximum atomic E-state index is 15.9. The summed E-state index contributed by atoms with van der Waals surface area (Å²) >= 11 is 6.11. The van der Waals surface area contributed by atoms with Crippen molar-refractivity contribution >= 4 is 21.4 Å². The molecule has 192 valence electrons. The van der Waals surface area contributed by atoms with Gasteiger partial charge in [-0.05, 0) is 54.8 Å². The molecule has 0 bridgehead atoms. The first kappa shape index (κ1) is 25.4. The Bertz CT molecular complexity index is 1570. The van der Waals surface area contributed by atoms with Crippen LogP contribution in [0.15, 0.2) is 65.8 Å². The first-order valence-electron chi connectivity index (χ1n) is 11.5. The van der Waals surface area contributed by atoms with Gasteiger partial charge in [0.25, 0.3) is 0 Å². The largest absolute Gasteiger partial charge is 0.381 e. The van der Waals surface area contributed by atoms with Crippen LogP contribution in [0.5, 0.6) is 0 Å². The van der Waals surface area contributed by atoms with Gasteiger partial charge in [0.2, 0.25) is 0 Å². The van der Waals surface area contributed by atoms with Crippen LogP contribution in [0.4, 0.5) is 13.2 Å². The predicted octanol–water partition coefficient (Wildman–Crippen LogP) is 6.01. The molecule has 1 saturated heterocycles. The molecule has 2 aromatic carbocycles. The molecule has 37 heavy (non-hydrogen) atoms. The van der Waals surface area contributed by atoms with Crippen LogP contribution < -0.4 is 0 Å². The Balaban J connectivity index is 1.59. The first-order valence-corrected chi connectivity index (χ1v) is 13.5. The van der Waals surface area contributed by atoms with E-state index in [1.54, 1.807) is 16.8 Å². The Morgan fingerprint density at radius 3 is 2.57 bits per heavy atom. The van der Waals surface area contributed by atoms with Crippen molar-refractivity contribution in [3.8, 4) is 22.4 Å². The lowest BCUT2D eigenvalue weighted by Gasteiger charge is -2.22. The molecule has 0 N–H and O–H groups in total. The van der Waals surface area contributed by atoms with Crippen molar-refractivity contribution in [3.05, 3.63) is 89.1 Å². The molecule has 0 aliphatic carbocycles. The predicted molar refractivity (Wildman–Crippen MR) is 132 cm³/mol. The van der Waals surface area contributed by atoms with Crippen LogP contribution in [0.1, 0.15) is 24.4 Å². The van der Waals surface area contributed by atoms with Crippen molar-refractivity contribution in [1.29, 1.82) is 0 Å². The van der Waals surface area contributed by atoms with Gasteiger partial charge in [-0.15, -0.1) is 0 Å². The van der Waals surface area contributed by atoms with Crippen LogP contribution in [-0.4, -0.2) is 36.4 Å². The normalized spacial score (nSPS) is 14.7. The SMILES string of the molecule is O=S(=O)(Cc1cccc(-c2nn(C3CCOCC3)cc2-c2ccnc(Cl)c2)c1F)c1cc(F)ccc1F. The number of benzene rings is 2. The highest BCUT2D eigenvalue weighted by Gasteiger charge is 2.26. The van der Waals surface area contributed by atoms with E-state index < -0.39 is 37.9 Å². The van der Waals surface area contributed by atoms with Gasteiger partial charge < -0.3 is 4.74 Å². The summed E-state index contributed by atoms with van der Waals surface area (Å²) in [7, 11) is -4.39. The van der Waals surface area contributed by atoms with Gasteiger partial charge in [0.15, 0.2) is 9.84 Å². The second-order valence-electron chi connectivity index (χ2n) is 8.69. The number of hydrogen-bond donors (Lipinski definition) is 0. The molecule has 11 heteroatoms. The van der Waals surface area contributed by atoms with E-state index in [-0.39, 0.29) is 22.3 Å². The maximum Gasteiger partial charge on any atom is 0.185 e. The summed E-state index contributed by atoms with van der Waals surface area (Å²) < 4.78 is 76.7. The van der Waals surface area contributed by atoms with Crippen molar-refractivity contribution in [2.24, 2.45) is 0 Å². The number of sulfone groups is 1. The van der Waals surface area contributed by atoms with E-state index in [1.807, 2.05) is 6.20 Å². The van der Waals surface area contributed by atoms with E-state index >= 15 is 4.39 Å². The zero-order valence-corrected chi connectivity index (χ0v) is 20.9. The molecule has 1 fully saturated rings. The molecule has 6 nitrogen and oxygen atoms in total. The summed E-state index contributed by atoms with van der Waals surface area (Å²) in [5.41, 5.74) is 1.42. The van der Waals surface area contributed by atoms with E-state index in [0.717, 1.165) is 25.0 Å². The van der Waals surface area contributed by atoms with Gasteiger partial charge >= 0.3 is 0 Å². The number of rotatable bonds is 6. The van der Waals surface area contributed by atoms with Gasteiger partial charge in [-0.25, -0.2) is 26.6 Å². The molecule has 5 rings (SSSR count). The quantitative estimate of drug-likeness (QED) is 0.276. The molecular formula is C26H21ClF3N3O3S. The van der Waals surface area contributed by atoms with Gasteiger partial charge in [-0.3, -0.25) is 4.68 Å². The maximum absolute atomic E-state index is 15.9. The van der Waals surface area contributed by atoms with Crippen LogP contribution >= 0.6 is 11.6 Å². The van der Waals surface area contributed by atoms with Gasteiger partial charge in [-0.2, -0.15) is 5.10 Å². The summed E-state index contributed by atoms with van der Waals surface area (Å²) in [5.74, 6) is -3.69. The van der Waals surface area contributed by atoms with Crippen LogP contribution in [-0.2, 0) is 20.3 Å². The third-order valence-corrected chi connectivity index (χ3v) is 8.12. The highest BCUT2D eigenvalue weighted by atomic mass is 35.5. The van der Waals surface area contributed by atoms with E-state index in [0.29, 0.717) is 36.1 Å². The summed E-state index contributed by atoms with van der Waals surface area (Å²) in [4.78, 5) is 3.18. The van der Waals surface area contributed by atoms with Crippen molar-refractivity contribution in [2.45, 2.75) is 29.5 Å². The molecule has 0 unspecified atom stereocenters. The van der Waals surface area contributed by atoms with Crippen molar-refractivity contribution in [1.82, 2.24) is 14.8 Å². The molecule has 0 saturated carbocycles. The molecular weight excluding hydrogens is 527 g/mol. The van der Waals surface area contributed by atoms with Crippen LogP contribution in [0.2, 0.25) is 5.15 Å². The fourth-order valence-corrected chi connectivity index (χ4v) is 6.00. The molecule has 0 radical (unpaired) electrons. The van der Waals surface area contributed by atoms with Crippen LogP contribution in [0.3, 0.4) is 0 Å². The molecule has 0 spiro atoms. The number of halogens is 4. The van der Waals surface area contributed by atoms with Crippen molar-refractivity contribution in [2.75, 3.05) is 13.2 Å². The molecule has 1 aliphatic rings. The Hall–Kier alpha value is -3.21. The molecule has 4 aromatic rings. The number of nitrogens with zero attached hydrogens (tertiary/aromatic N) is 3. The van der Waals surface area contributed by atoms with E-state index in [4.69, 9.17) is 21.4 Å². The third kappa shape index (κ3) is 5.27. The first-order chi connectivity index (χ1) is 17.7. The zero-order valence-electron chi connectivity index (χ0n) is 19.4. The van der Waals surface area contributed by atoms with Crippen molar-refractivity contribution < 1.29 is 26.3 Å². The molecule has 1 aliphatic heterocycles. The molecule has 2 aromatic heterocycles. The highest BCUT2D eigenvalue weighted by molar-refractivity contribution is 7.90. The lowest BCUT2D eigenvalue weighted by Crippen LogP contribution is -2.19. The fourth-order valence-electron chi connectivity index (χ4n) is 4.38. The Morgan fingerprint density at radius 2 is 1.81 bits per heavy atom. The standard InChI is InChI=1S/C26H21ClF3N3O3S/c27-24-12-16(6-9-31-24)21-14-33(19-7-10-36-11-8-19)32-26(21)20-3-1-2-17(25(20)30)15-37(34,35)23-13-18(28)4-5-22(23)29/h1-6,9,12-14,19H,7-8,10-11,15H2. The van der Waals surface area contributed by atoms with Gasteiger partial charge in [-0.1, -0.05) is 23.7 Å². The van der Waals surface area contributed by atoms with E-state index in [9.17, 15) is 17.2 Å². The fraction of sp³-hybridized carbons (Fsp3) is 0.231. The molecule has 3 heterocycles. The lowest BCUT2D eigenvalue weighted by atomic mass is 10.0. The summed E-state index contributed by atoms with van der Waals surface area (Å²) in [6.07, 6.45) is 4.80. The van der Waals surface area contributed by atoms with Crippen LogP contribution in [0.25, 0.3) is 22.4 Å². The van der Waals surface area contributed by atoms with E-state index in [1.165, 1.54) is 24.4 Å². The average molecular weight is 548 g/mol. The number of hydrogen-bond acceptors (Lipinski definition) is 5. The smallest absolute Gasteiger partial charge is 0.185 e. The molecule has 0 amide bonds. The Kier molecular flexibility index (Phi) is 7.06. The Labute approximate surface area is 216 Å².